The molecule has 0 saturated carbocycles. The number of nitrogens with zero attached hydrogens (tertiary/aromatic N) is 6. The second-order valence-corrected chi connectivity index (χ2v) is 21.2. The van der Waals surface area contributed by atoms with Crippen molar-refractivity contribution in [3.63, 3.8) is 0 Å². The first-order valence-electron chi connectivity index (χ1n) is 35.9. The maximum Gasteiger partial charge on any atom is 0.238 e. The summed E-state index contributed by atoms with van der Waals surface area (Å²) < 4.78 is 230. The molecular weight excluding hydrogens is 941 g/mol. The van der Waals surface area contributed by atoms with E-state index < -0.39 is 197 Å². The van der Waals surface area contributed by atoms with Crippen molar-refractivity contribution < 1.29 is 32.9 Å². The van der Waals surface area contributed by atoms with Gasteiger partial charge in [-0.1, -0.05) is 236 Å². The number of para-hydroxylation sites is 5. The van der Waals surface area contributed by atoms with Gasteiger partial charge in [0.25, 0.3) is 0 Å². The summed E-state index contributed by atoms with van der Waals surface area (Å²) in [5.74, 6) is -1.78. The highest BCUT2D eigenvalue weighted by Gasteiger charge is 2.41. The molecule has 0 aliphatic carbocycles. The molecule has 0 bridgehead atoms. The molecule has 15 rings (SSSR count). The SMILES string of the molecule is [2H]c1c([2H])c([2H])c(-c2nc(-c3c([2H])c([2H])c([Si](c4c([2H])c([2H])c([2H])c([2H])c4[2H])(c4c([2H])c([2H])c([2H])c([2H])c4[2H])c4c([2H])c([2H])c([2H])c([2H])c4[2H])c([2H])c3[2H])nc(-n3c4ccccc4c4cccc(-n5c6ccccc6c6c(-n7c8ccccc8c8ccccc87)cccc65)c43)n2)c([2H])c1[2H]. The molecular formula is C69H46N6Si. The lowest BCUT2D eigenvalue weighted by Gasteiger charge is -2.34. The topological polar surface area (TPSA) is 53.5 Å². The monoisotopic (exact) mass is 1010 g/mol. The summed E-state index contributed by atoms with van der Waals surface area (Å²) in [6.07, 6.45) is 0. The molecule has 6 nitrogen and oxygen atoms in total. The largest absolute Gasteiger partial charge is 0.309 e. The fraction of sp³-hybridized carbons (Fsp3) is 0. The van der Waals surface area contributed by atoms with E-state index in [1.54, 1.807) is 16.7 Å². The number of hydrogen-bond donors (Lipinski definition) is 0. The quantitative estimate of drug-likeness (QED) is 0.107. The van der Waals surface area contributed by atoms with E-state index in [1.807, 2.05) is 91.0 Å². The first-order chi connectivity index (χ1) is 47.7. The predicted molar refractivity (Wildman–Crippen MR) is 317 cm³/mol. The van der Waals surface area contributed by atoms with Gasteiger partial charge in [0.2, 0.25) is 5.95 Å². The summed E-state index contributed by atoms with van der Waals surface area (Å²) in [7, 11) is -6.31. The lowest BCUT2D eigenvalue weighted by molar-refractivity contribution is 0.950. The number of rotatable bonds is 9. The minimum Gasteiger partial charge on any atom is -0.309 e. The standard InChI is InChI=1S/C69H46N6Si/c1-5-23-47(24-6-1)67-70-68(48-43-45-52(46-44-48)76(49-25-7-2-8-26-49,50-27-9-3-10-28-50)51-29-11-4-12-30-51)72-69(71-67)75-60-38-19-15-33-55(60)56-35-21-42-64(66(56)75)74-61-39-20-16-34-57(61)65-62(40-22-41-63(65)74)73-58-36-17-13-31-53(58)54-32-14-18-37-59(54)73/h1-46H/i1D,2D,3D,4D,5D,6D,7D,8D,9D,10D,11D,12D,23D,24D,25D,26D,27D,28D,29D,30D,43D,44D,45D,46D. The Morgan fingerprint density at radius 1 is 0.303 bits per heavy atom. The fourth-order valence-electron chi connectivity index (χ4n) is 10.7. The minimum absolute atomic E-state index is 0.376. The van der Waals surface area contributed by atoms with E-state index in [9.17, 15) is 16.4 Å². The number of hydrogen-bond acceptors (Lipinski definition) is 3. The summed E-state index contributed by atoms with van der Waals surface area (Å²) in [5.41, 5.74) is 4.24. The Balaban J connectivity index is 1.09. The van der Waals surface area contributed by atoms with Gasteiger partial charge in [-0.25, -0.2) is 4.98 Å². The molecule has 76 heavy (non-hydrogen) atoms. The van der Waals surface area contributed by atoms with Crippen LogP contribution < -0.4 is 20.7 Å². The van der Waals surface area contributed by atoms with E-state index in [1.165, 1.54) is 0 Å². The van der Waals surface area contributed by atoms with Crippen LogP contribution in [-0.2, 0) is 0 Å². The summed E-state index contributed by atoms with van der Waals surface area (Å²) in [6.45, 7) is 0. The number of benzene rings is 11. The Bertz CT molecular complexity index is 5840. The second kappa shape index (κ2) is 17.6. The number of fused-ring (bicyclic) bond motifs is 9. The molecule has 0 aliphatic heterocycles. The molecule has 0 saturated heterocycles. The van der Waals surface area contributed by atoms with E-state index in [-0.39, 0.29) is 5.95 Å². The van der Waals surface area contributed by atoms with Crippen molar-refractivity contribution in [3.8, 4) is 40.1 Å². The molecule has 7 heteroatoms. The van der Waals surface area contributed by atoms with E-state index in [0.717, 1.165) is 49.3 Å². The molecule has 0 N–H and O–H groups in total. The molecule has 0 radical (unpaired) electrons. The molecule has 15 aromatic rings. The fourth-order valence-corrected chi connectivity index (χ4v) is 14.2. The molecule has 0 atom stereocenters. The Morgan fingerprint density at radius 2 is 0.684 bits per heavy atom. The zero-order valence-electron chi connectivity index (χ0n) is 63.4. The molecule has 0 aliphatic rings. The van der Waals surface area contributed by atoms with Crippen LogP contribution in [0, 0.1) is 0 Å². The summed E-state index contributed by atoms with van der Waals surface area (Å²) in [6, 6.07) is 16.9. The zero-order valence-corrected chi connectivity index (χ0v) is 40.4. The van der Waals surface area contributed by atoms with Gasteiger partial charge in [0.15, 0.2) is 19.7 Å². The van der Waals surface area contributed by atoms with E-state index >= 15 is 0 Å². The van der Waals surface area contributed by atoms with Crippen LogP contribution in [0.1, 0.15) is 32.9 Å². The van der Waals surface area contributed by atoms with Crippen molar-refractivity contribution in [2.75, 3.05) is 0 Å². The van der Waals surface area contributed by atoms with Gasteiger partial charge in [-0.15, -0.1) is 0 Å². The Kier molecular flexibility index (Phi) is 5.99. The first kappa shape index (κ1) is 25.8. The van der Waals surface area contributed by atoms with Crippen LogP contribution in [0.4, 0.5) is 0 Å². The van der Waals surface area contributed by atoms with Gasteiger partial charge in [0.1, 0.15) is 0 Å². The molecule has 0 amide bonds. The van der Waals surface area contributed by atoms with Crippen molar-refractivity contribution in [2.24, 2.45) is 0 Å². The summed E-state index contributed by atoms with van der Waals surface area (Å²) >= 11 is 0. The van der Waals surface area contributed by atoms with Crippen molar-refractivity contribution in [2.45, 2.75) is 0 Å². The lowest BCUT2D eigenvalue weighted by Crippen LogP contribution is -2.74. The van der Waals surface area contributed by atoms with Gasteiger partial charge in [-0.2, -0.15) is 9.97 Å². The summed E-state index contributed by atoms with van der Waals surface area (Å²) in [5, 5.41) is 0.773. The van der Waals surface area contributed by atoms with Crippen molar-refractivity contribution in [1.82, 2.24) is 28.7 Å². The highest BCUT2D eigenvalue weighted by Crippen LogP contribution is 2.43. The number of aromatic nitrogens is 6. The van der Waals surface area contributed by atoms with Gasteiger partial charge in [0.05, 0.1) is 77.4 Å². The van der Waals surface area contributed by atoms with Crippen LogP contribution in [0.3, 0.4) is 0 Å². The molecule has 0 fully saturated rings. The minimum atomic E-state index is -6.31. The third-order valence-electron chi connectivity index (χ3n) is 13.8. The Hall–Kier alpha value is -9.95. The normalized spacial score (nSPS) is 16.4. The molecule has 356 valence electrons. The zero-order chi connectivity index (χ0) is 71.0. The smallest absolute Gasteiger partial charge is 0.238 e. The highest BCUT2D eigenvalue weighted by molar-refractivity contribution is 7.19. The van der Waals surface area contributed by atoms with Crippen molar-refractivity contribution in [3.05, 3.63) is 278 Å². The van der Waals surface area contributed by atoms with Gasteiger partial charge < -0.3 is 9.13 Å². The van der Waals surface area contributed by atoms with E-state index in [0.29, 0.717) is 27.5 Å². The molecule has 11 aromatic carbocycles. The highest BCUT2D eigenvalue weighted by atomic mass is 28.3. The maximum absolute atomic E-state index is 10.3. The first-order valence-corrected chi connectivity index (χ1v) is 25.9. The van der Waals surface area contributed by atoms with Crippen LogP contribution >= 0.6 is 0 Å². The molecule has 0 unspecified atom stereocenters. The van der Waals surface area contributed by atoms with Crippen LogP contribution in [0.15, 0.2) is 278 Å². The second-order valence-electron chi connectivity index (χ2n) is 17.7. The predicted octanol–water partition coefficient (Wildman–Crippen LogP) is 13.9. The van der Waals surface area contributed by atoms with E-state index in [2.05, 4.69) is 44.5 Å². The van der Waals surface area contributed by atoms with Crippen molar-refractivity contribution in [1.29, 1.82) is 0 Å². The third kappa shape index (κ3) is 6.62. The summed E-state index contributed by atoms with van der Waals surface area (Å²) in [4.78, 5) is 14.6. The van der Waals surface area contributed by atoms with Crippen LogP contribution in [-0.4, -0.2) is 36.7 Å². The average molecular weight is 1010 g/mol. The van der Waals surface area contributed by atoms with Crippen LogP contribution in [0.25, 0.3) is 106 Å². The Labute approximate surface area is 473 Å². The Morgan fingerprint density at radius 3 is 1.24 bits per heavy atom. The maximum atomic E-state index is 10.3. The van der Waals surface area contributed by atoms with Crippen LogP contribution in [0.5, 0.6) is 0 Å². The van der Waals surface area contributed by atoms with Gasteiger partial charge >= 0.3 is 0 Å². The third-order valence-corrected chi connectivity index (χ3v) is 17.8. The molecule has 4 aromatic heterocycles. The molecule has 4 heterocycles. The van der Waals surface area contributed by atoms with Gasteiger partial charge in [-0.3, -0.25) is 4.57 Å². The van der Waals surface area contributed by atoms with Gasteiger partial charge in [0, 0.05) is 43.4 Å². The lowest BCUT2D eigenvalue weighted by atomic mass is 10.1. The molecule has 0 spiro atoms. The van der Waals surface area contributed by atoms with Crippen molar-refractivity contribution >= 4 is 94.2 Å². The van der Waals surface area contributed by atoms with Crippen LogP contribution in [0.2, 0.25) is 0 Å². The average Bonchev–Trinajstić information content (AvgIpc) is 0.947. The van der Waals surface area contributed by atoms with Gasteiger partial charge in [-0.05, 0) is 63.2 Å². The van der Waals surface area contributed by atoms with E-state index in [4.69, 9.17) is 26.4 Å².